The van der Waals surface area contributed by atoms with Crippen LogP contribution in [0, 0.1) is 17.0 Å². The van der Waals surface area contributed by atoms with E-state index in [0.29, 0.717) is 28.8 Å². The van der Waals surface area contributed by atoms with Gasteiger partial charge in [-0.05, 0) is 43.5 Å². The Hall–Kier alpha value is -3.20. The Morgan fingerprint density at radius 1 is 1.03 bits per heavy atom. The van der Waals surface area contributed by atoms with Gasteiger partial charge >= 0.3 is 0 Å². The molecule has 0 radical (unpaired) electrons. The van der Waals surface area contributed by atoms with Crippen LogP contribution < -0.4 is 5.32 Å². The number of unbranched alkanes of at least 4 members (excludes halogenated alkanes) is 6. The number of aromatic nitrogens is 3. The summed E-state index contributed by atoms with van der Waals surface area (Å²) in [5, 5.41) is 23.7. The number of hydrogen-bond donors (Lipinski definition) is 1. The van der Waals surface area contributed by atoms with Gasteiger partial charge in [0, 0.05) is 30.0 Å². The molecule has 3 aromatic rings. The van der Waals surface area contributed by atoms with Gasteiger partial charge in [0.15, 0.2) is 11.0 Å². The molecule has 1 N–H and O–H groups in total. The van der Waals surface area contributed by atoms with Crippen molar-refractivity contribution in [1.29, 1.82) is 0 Å². The van der Waals surface area contributed by atoms with Crippen LogP contribution in [0.25, 0.3) is 5.69 Å². The van der Waals surface area contributed by atoms with E-state index in [1.807, 2.05) is 23.6 Å². The van der Waals surface area contributed by atoms with Crippen molar-refractivity contribution in [3.05, 3.63) is 75.6 Å². The van der Waals surface area contributed by atoms with Crippen LogP contribution in [0.3, 0.4) is 0 Å². The summed E-state index contributed by atoms with van der Waals surface area (Å²) in [4.78, 5) is 23.4. The number of thioether (sulfide) groups is 1. The van der Waals surface area contributed by atoms with E-state index in [-0.39, 0.29) is 17.6 Å². The first-order chi connectivity index (χ1) is 17.9. The van der Waals surface area contributed by atoms with E-state index in [1.54, 1.807) is 23.9 Å². The number of nitrogens with one attached hydrogen (secondary N) is 1. The molecule has 1 heterocycles. The van der Waals surface area contributed by atoms with Gasteiger partial charge in [0.25, 0.3) is 5.69 Å². The Balaban J connectivity index is 1.72. The number of nitro groups is 1. The third kappa shape index (κ3) is 8.42. The minimum atomic E-state index is -0.419. The predicted molar refractivity (Wildman–Crippen MR) is 148 cm³/mol. The van der Waals surface area contributed by atoms with Gasteiger partial charge in [0.1, 0.15) is 0 Å². The number of carbonyl (C=O) groups excluding carboxylic acids is 1. The number of rotatable bonds is 15. The smallest absolute Gasteiger partial charge is 0.269 e. The Morgan fingerprint density at radius 2 is 1.70 bits per heavy atom. The monoisotopic (exact) mass is 523 g/mol. The van der Waals surface area contributed by atoms with E-state index < -0.39 is 4.92 Å². The molecular weight excluding hydrogens is 486 g/mol. The fourth-order valence-corrected chi connectivity index (χ4v) is 5.19. The molecule has 1 atom stereocenters. The highest BCUT2D eigenvalue weighted by Gasteiger charge is 2.22. The molecule has 0 spiro atoms. The second-order valence-electron chi connectivity index (χ2n) is 9.33. The lowest BCUT2D eigenvalue weighted by atomic mass is 10.1. The van der Waals surface area contributed by atoms with Crippen molar-refractivity contribution in [2.45, 2.75) is 89.1 Å². The maximum absolute atomic E-state index is 12.6. The van der Waals surface area contributed by atoms with Crippen LogP contribution in [0.1, 0.15) is 88.2 Å². The zero-order valence-electron chi connectivity index (χ0n) is 22.0. The van der Waals surface area contributed by atoms with E-state index in [0.717, 1.165) is 12.8 Å². The van der Waals surface area contributed by atoms with Gasteiger partial charge in [-0.15, -0.1) is 10.2 Å². The fraction of sp³-hybridized carbons (Fsp3) is 0.464. The Kier molecular flexibility index (Phi) is 11.1. The molecule has 1 amide bonds. The van der Waals surface area contributed by atoms with Crippen molar-refractivity contribution in [2.24, 2.45) is 0 Å². The van der Waals surface area contributed by atoms with Gasteiger partial charge in [-0.2, -0.15) is 0 Å². The minimum Gasteiger partial charge on any atom is -0.346 e. The van der Waals surface area contributed by atoms with Crippen molar-refractivity contribution < 1.29 is 9.72 Å². The second-order valence-corrected chi connectivity index (χ2v) is 10.3. The zero-order chi connectivity index (χ0) is 26.6. The first-order valence-corrected chi connectivity index (χ1v) is 14.1. The molecule has 2 aromatic carbocycles. The van der Waals surface area contributed by atoms with Crippen molar-refractivity contribution in [3.8, 4) is 5.69 Å². The molecule has 1 unspecified atom stereocenters. The molecule has 3 rings (SSSR count). The summed E-state index contributed by atoms with van der Waals surface area (Å²) in [6, 6.07) is 14.1. The summed E-state index contributed by atoms with van der Waals surface area (Å²) in [5.41, 5.74) is 3.13. The second kappa shape index (κ2) is 14.5. The number of hydrogen-bond acceptors (Lipinski definition) is 6. The summed E-state index contributed by atoms with van der Waals surface area (Å²) >= 11 is 1.54. The maximum Gasteiger partial charge on any atom is 0.269 e. The van der Waals surface area contributed by atoms with Gasteiger partial charge in [0.2, 0.25) is 5.91 Å². The highest BCUT2D eigenvalue weighted by molar-refractivity contribution is 7.98. The molecule has 9 heteroatoms. The summed E-state index contributed by atoms with van der Waals surface area (Å²) < 4.78 is 1.88. The Bertz CT molecular complexity index is 1160. The minimum absolute atomic E-state index is 0.00609. The third-order valence-electron chi connectivity index (χ3n) is 6.37. The molecule has 37 heavy (non-hydrogen) atoms. The Morgan fingerprint density at radius 3 is 2.38 bits per heavy atom. The van der Waals surface area contributed by atoms with E-state index in [4.69, 9.17) is 0 Å². The number of carbonyl (C=O) groups is 1. The highest BCUT2D eigenvalue weighted by atomic mass is 32.2. The number of non-ortho nitro benzene ring substituents is 1. The highest BCUT2D eigenvalue weighted by Crippen LogP contribution is 2.29. The fourth-order valence-electron chi connectivity index (χ4n) is 4.16. The van der Waals surface area contributed by atoms with E-state index >= 15 is 0 Å². The van der Waals surface area contributed by atoms with E-state index in [9.17, 15) is 14.9 Å². The van der Waals surface area contributed by atoms with E-state index in [1.165, 1.54) is 55.4 Å². The van der Waals surface area contributed by atoms with Crippen LogP contribution in [-0.4, -0.2) is 25.6 Å². The van der Waals surface area contributed by atoms with Gasteiger partial charge in [-0.1, -0.05) is 81.5 Å². The van der Waals surface area contributed by atoms with Gasteiger partial charge < -0.3 is 5.32 Å². The van der Waals surface area contributed by atoms with Gasteiger partial charge in [0.05, 0.1) is 11.0 Å². The third-order valence-corrected chi connectivity index (χ3v) is 7.35. The molecule has 1 aromatic heterocycles. The summed E-state index contributed by atoms with van der Waals surface area (Å²) in [6.07, 6.45) is 8.59. The largest absolute Gasteiger partial charge is 0.346 e. The van der Waals surface area contributed by atoms with Crippen LogP contribution in [0.5, 0.6) is 0 Å². The van der Waals surface area contributed by atoms with Gasteiger partial charge in [-0.25, -0.2) is 0 Å². The maximum atomic E-state index is 12.6. The molecule has 198 valence electrons. The number of nitrogens with zero attached hydrogens (tertiary/aromatic N) is 4. The zero-order valence-corrected chi connectivity index (χ0v) is 22.8. The van der Waals surface area contributed by atoms with E-state index in [2.05, 4.69) is 41.5 Å². The van der Waals surface area contributed by atoms with Crippen LogP contribution in [0.15, 0.2) is 53.7 Å². The molecule has 0 aliphatic carbocycles. The SMILES string of the molecule is CCCCCCCCCC(=O)NC(C)c1nnc(SCc2ccccc2C)n1-c1ccc([N+](=O)[O-])cc1. The van der Waals surface area contributed by atoms with Crippen LogP contribution in [0.2, 0.25) is 0 Å². The summed E-state index contributed by atoms with van der Waals surface area (Å²) in [6.45, 7) is 6.18. The number of benzene rings is 2. The topological polar surface area (TPSA) is 103 Å². The first kappa shape index (κ1) is 28.4. The molecular formula is C28H37N5O3S. The van der Waals surface area contributed by atoms with Crippen LogP contribution in [0.4, 0.5) is 5.69 Å². The lowest BCUT2D eigenvalue weighted by molar-refractivity contribution is -0.384. The van der Waals surface area contributed by atoms with Crippen molar-refractivity contribution in [2.75, 3.05) is 0 Å². The number of amides is 1. The molecule has 0 bridgehead atoms. The number of nitro benzene ring substituents is 1. The van der Waals surface area contributed by atoms with Crippen LogP contribution >= 0.6 is 11.8 Å². The molecule has 8 nitrogen and oxygen atoms in total. The van der Waals surface area contributed by atoms with Crippen molar-refractivity contribution in [3.63, 3.8) is 0 Å². The summed E-state index contributed by atoms with van der Waals surface area (Å²) in [5.74, 6) is 1.29. The van der Waals surface area contributed by atoms with Gasteiger partial charge in [-0.3, -0.25) is 19.5 Å². The Labute approximate surface area is 223 Å². The quantitative estimate of drug-likeness (QED) is 0.0987. The lowest BCUT2D eigenvalue weighted by Crippen LogP contribution is -2.28. The normalized spacial score (nSPS) is 11.9. The molecule has 0 fully saturated rings. The first-order valence-electron chi connectivity index (χ1n) is 13.1. The number of aryl methyl sites for hydroxylation is 1. The standard InChI is InChI=1S/C28H37N5O3S/c1-4-5-6-7-8-9-10-15-26(34)29-22(3)27-30-31-28(37-20-23-14-12-11-13-21(23)2)32(27)24-16-18-25(19-17-24)33(35)36/h11-14,16-19,22H,4-10,15,20H2,1-3H3,(H,29,34). The van der Waals surface area contributed by atoms with Crippen molar-refractivity contribution in [1.82, 2.24) is 20.1 Å². The average Bonchev–Trinajstić information content (AvgIpc) is 3.32. The average molecular weight is 524 g/mol. The summed E-state index contributed by atoms with van der Waals surface area (Å²) in [7, 11) is 0. The predicted octanol–water partition coefficient (Wildman–Crippen LogP) is 7.09. The molecule has 0 saturated carbocycles. The molecule has 0 aliphatic heterocycles. The lowest BCUT2D eigenvalue weighted by Gasteiger charge is -2.16. The molecule has 0 saturated heterocycles. The van der Waals surface area contributed by atoms with Crippen molar-refractivity contribution >= 4 is 23.4 Å². The molecule has 0 aliphatic rings. The van der Waals surface area contributed by atoms with Crippen LogP contribution in [-0.2, 0) is 10.5 Å².